The summed E-state index contributed by atoms with van der Waals surface area (Å²) in [6.07, 6.45) is 0.338. The second-order valence-corrected chi connectivity index (χ2v) is 4.15. The molecule has 0 aliphatic carbocycles. The van der Waals surface area contributed by atoms with Gasteiger partial charge in [0.25, 0.3) is 11.4 Å². The van der Waals surface area contributed by atoms with Gasteiger partial charge in [-0.3, -0.25) is 13.9 Å². The summed E-state index contributed by atoms with van der Waals surface area (Å²) in [4.78, 5) is 9.80. The van der Waals surface area contributed by atoms with Crippen molar-refractivity contribution in [3.05, 3.63) is 29.8 Å². The Bertz CT molecular complexity index is 481. The zero-order valence-corrected chi connectivity index (χ0v) is 12.3. The molecular weight excluding hydrogens is 283 g/mol. The van der Waals surface area contributed by atoms with Crippen molar-refractivity contribution >= 4 is 27.8 Å². The molecule has 0 bridgehead atoms. The molecule has 0 spiro atoms. The van der Waals surface area contributed by atoms with Gasteiger partial charge < -0.3 is 4.55 Å². The summed E-state index contributed by atoms with van der Waals surface area (Å²) in [7, 11) is -4.53. The second kappa shape index (κ2) is 8.89. The van der Waals surface area contributed by atoms with Gasteiger partial charge in [0, 0.05) is 5.56 Å². The van der Waals surface area contributed by atoms with Gasteiger partial charge in [-0.2, -0.15) is 4.21 Å². The topological polar surface area (TPSA) is 132 Å². The molecule has 0 fully saturated rings. The van der Waals surface area contributed by atoms with Gasteiger partial charge in [-0.15, -0.1) is 0 Å². The van der Waals surface area contributed by atoms with Gasteiger partial charge in [-0.25, -0.2) is 8.42 Å². The maximum Gasteiger partial charge on any atom is 1.00 e. The van der Waals surface area contributed by atoms with Crippen LogP contribution in [-0.4, -0.2) is 32.6 Å². The van der Waals surface area contributed by atoms with E-state index in [2.05, 4.69) is 0 Å². The van der Waals surface area contributed by atoms with E-state index in [9.17, 15) is 17.8 Å². The molecule has 0 aromatic heterocycles. The summed E-state index contributed by atoms with van der Waals surface area (Å²) in [5.74, 6) is 0. The van der Waals surface area contributed by atoms with E-state index >= 15 is 0 Å². The van der Waals surface area contributed by atoms with E-state index in [-0.39, 0.29) is 35.1 Å². The molecule has 0 amide bonds. The molecule has 1 rings (SSSR count). The molecule has 0 saturated carbocycles. The third-order valence-corrected chi connectivity index (χ3v) is 2.23. The number of hydrogen-bond acceptors (Lipinski definition) is 5. The zero-order valence-electron chi connectivity index (χ0n) is 8.64. The van der Waals surface area contributed by atoms with Crippen molar-refractivity contribution in [1.82, 2.24) is 0 Å². The van der Waals surface area contributed by atoms with Crippen LogP contribution < -0.4 is 29.6 Å². The predicted octanol–water partition coefficient (Wildman–Crippen LogP) is -2.91. The molecule has 7 nitrogen and oxygen atoms in total. The fourth-order valence-electron chi connectivity index (χ4n) is 0.806. The number of aldehydes is 1. The van der Waals surface area contributed by atoms with Gasteiger partial charge >= 0.3 is 29.6 Å². The van der Waals surface area contributed by atoms with Gasteiger partial charge in [-0.1, -0.05) is 18.2 Å². The minimum Gasteiger partial charge on any atom is -0.744 e. The van der Waals surface area contributed by atoms with Crippen LogP contribution in [0, 0.1) is 0 Å². The van der Waals surface area contributed by atoms with Crippen LogP contribution in [0.5, 0.6) is 0 Å². The van der Waals surface area contributed by atoms with Crippen molar-refractivity contribution in [3.8, 4) is 0 Å². The van der Waals surface area contributed by atoms with Crippen molar-refractivity contribution in [2.24, 2.45) is 0 Å². The quantitative estimate of drug-likeness (QED) is 0.258. The largest absolute Gasteiger partial charge is 1.00 e. The van der Waals surface area contributed by atoms with Crippen molar-refractivity contribution in [3.63, 3.8) is 0 Å². The molecule has 0 heterocycles. The van der Waals surface area contributed by atoms with E-state index < -0.39 is 26.4 Å². The Balaban J connectivity index is 0. The first-order valence-corrected chi connectivity index (χ1v) is 6.06. The van der Waals surface area contributed by atoms with Crippen LogP contribution in [0.25, 0.3) is 0 Å². The summed E-state index contributed by atoms with van der Waals surface area (Å²) >= 11 is -2.61. The van der Waals surface area contributed by atoms with Crippen LogP contribution in [0.1, 0.15) is 10.4 Å². The van der Waals surface area contributed by atoms with E-state index in [1.54, 1.807) is 0 Å². The summed E-state index contributed by atoms with van der Waals surface area (Å²) in [6.45, 7) is 0. The van der Waals surface area contributed by atoms with Crippen LogP contribution in [0.4, 0.5) is 0 Å². The summed E-state index contributed by atoms with van der Waals surface area (Å²) in [6, 6.07) is 5.25. The molecule has 1 aromatic carbocycles. The molecule has 0 radical (unpaired) electrons. The first-order chi connectivity index (χ1) is 7.29. The van der Waals surface area contributed by atoms with Gasteiger partial charge in [0.2, 0.25) is 0 Å². The van der Waals surface area contributed by atoms with Gasteiger partial charge in [0.15, 0.2) is 6.29 Å². The van der Waals surface area contributed by atoms with Crippen LogP contribution in [0.2, 0.25) is 0 Å². The Hall–Kier alpha value is -0.130. The average molecular weight is 290 g/mol. The van der Waals surface area contributed by atoms with Crippen LogP contribution in [0.15, 0.2) is 29.2 Å². The molecule has 0 aliphatic heterocycles. The van der Waals surface area contributed by atoms with E-state index in [0.29, 0.717) is 6.29 Å². The Morgan fingerprint density at radius 2 is 1.65 bits per heavy atom. The Kier molecular flexibility index (Phi) is 10.0. The number of hydrogen-bond donors (Lipinski definition) is 2. The zero-order chi connectivity index (χ0) is 12.8. The van der Waals surface area contributed by atoms with Gasteiger partial charge in [-0.05, 0) is 6.07 Å². The van der Waals surface area contributed by atoms with Crippen LogP contribution in [-0.2, 0) is 21.5 Å². The van der Waals surface area contributed by atoms with Crippen LogP contribution >= 0.6 is 0 Å². The van der Waals surface area contributed by atoms with E-state index in [4.69, 9.17) is 13.3 Å². The minimum atomic E-state index is -4.53. The Morgan fingerprint density at radius 1 is 1.24 bits per heavy atom. The first-order valence-electron chi connectivity index (χ1n) is 3.59. The van der Waals surface area contributed by atoms with Crippen LogP contribution in [0.3, 0.4) is 0 Å². The van der Waals surface area contributed by atoms with E-state index in [1.165, 1.54) is 18.2 Å². The fraction of sp³-hybridized carbons (Fsp3) is 0. The summed E-state index contributed by atoms with van der Waals surface area (Å²) < 4.78 is 54.3. The maximum atomic E-state index is 10.5. The maximum absolute atomic E-state index is 10.5. The standard InChI is InChI=1S/C7H6O4S.Na.H2O3S/c8-5-6-3-1-2-4-7(6)12(9,10)11;;1-4(2)3/h1-5H,(H,9,10,11);;(H2,1,2,3)/q;+1;/p-1. The average Bonchev–Trinajstić information content (AvgIpc) is 2.15. The fourth-order valence-corrected chi connectivity index (χ4v) is 1.46. The first kappa shape index (κ1) is 19.2. The van der Waals surface area contributed by atoms with E-state index in [0.717, 1.165) is 6.07 Å². The monoisotopic (exact) mass is 290 g/mol. The Labute approximate surface area is 122 Å². The molecule has 0 atom stereocenters. The van der Waals surface area contributed by atoms with Gasteiger partial charge in [0.05, 0.1) is 4.90 Å². The smallest absolute Gasteiger partial charge is 0.744 e. The van der Waals surface area contributed by atoms with Crippen molar-refractivity contribution in [2.75, 3.05) is 0 Å². The third kappa shape index (κ3) is 8.57. The molecular formula is C7H7NaO7S2. The number of carbonyl (C=O) groups is 1. The summed E-state index contributed by atoms with van der Waals surface area (Å²) in [5.41, 5.74) is -0.104. The van der Waals surface area contributed by atoms with Crippen molar-refractivity contribution in [2.45, 2.75) is 4.90 Å². The molecule has 0 saturated heterocycles. The van der Waals surface area contributed by atoms with Crippen molar-refractivity contribution in [1.29, 1.82) is 0 Å². The molecule has 10 heteroatoms. The SMILES string of the molecule is O=Cc1ccccc1S(=O)(=O)[O-].O=S(O)O.[Na+]. The van der Waals surface area contributed by atoms with E-state index in [1.807, 2.05) is 0 Å². The molecule has 1 aromatic rings. The number of carbonyl (C=O) groups excluding carboxylic acids is 1. The normalized spacial score (nSPS) is 9.88. The number of benzene rings is 1. The molecule has 0 aliphatic rings. The predicted molar refractivity (Wildman–Crippen MR) is 53.2 cm³/mol. The second-order valence-electron chi connectivity index (χ2n) is 2.34. The van der Waals surface area contributed by atoms with Gasteiger partial charge in [0.1, 0.15) is 10.1 Å². The molecule has 90 valence electrons. The summed E-state index contributed by atoms with van der Waals surface area (Å²) in [5, 5.41) is 0. The van der Waals surface area contributed by atoms with Crippen molar-refractivity contribution < 1.29 is 60.6 Å². The number of rotatable bonds is 2. The third-order valence-electron chi connectivity index (χ3n) is 1.32. The molecule has 2 N–H and O–H groups in total. The molecule has 17 heavy (non-hydrogen) atoms. The molecule has 0 unspecified atom stereocenters. The Morgan fingerprint density at radius 3 is 1.94 bits per heavy atom. The minimum absolute atomic E-state index is 0.